The minimum atomic E-state index is -0.240. The Hall–Kier alpha value is -2.57. The summed E-state index contributed by atoms with van der Waals surface area (Å²) in [5.74, 6) is -0.0327. The van der Waals surface area contributed by atoms with Gasteiger partial charge in [0.25, 0.3) is 0 Å². The predicted octanol–water partition coefficient (Wildman–Crippen LogP) is 1.81. The van der Waals surface area contributed by atoms with Crippen LogP contribution in [-0.2, 0) is 9.59 Å². The Morgan fingerprint density at radius 3 is 2.21 bits per heavy atom. The average Bonchev–Trinajstić information content (AvgIpc) is 2.73. The summed E-state index contributed by atoms with van der Waals surface area (Å²) in [4.78, 5) is 45.1. The molecule has 2 heterocycles. The van der Waals surface area contributed by atoms with Crippen molar-refractivity contribution in [2.24, 2.45) is 5.92 Å². The third-order valence-corrected chi connectivity index (χ3v) is 5.75. The van der Waals surface area contributed by atoms with Gasteiger partial charge in [0.2, 0.25) is 11.8 Å². The first kappa shape index (κ1) is 20.2. The summed E-state index contributed by atoms with van der Waals surface area (Å²) >= 11 is 0. The molecule has 0 bridgehead atoms. The number of hydrogen-bond donors (Lipinski definition) is 0. The molecule has 4 amide bonds. The van der Waals surface area contributed by atoms with Gasteiger partial charge in [-0.3, -0.25) is 9.59 Å². The molecular formula is C21H30N4O3. The highest BCUT2D eigenvalue weighted by Gasteiger charge is 2.42. The lowest BCUT2D eigenvalue weighted by molar-refractivity contribution is -0.148. The molecule has 7 nitrogen and oxygen atoms in total. The summed E-state index contributed by atoms with van der Waals surface area (Å²) in [7, 11) is 3.48. The van der Waals surface area contributed by atoms with Gasteiger partial charge < -0.3 is 19.6 Å². The minimum absolute atomic E-state index is 0.0188. The van der Waals surface area contributed by atoms with Gasteiger partial charge in [-0.15, -0.1) is 0 Å². The summed E-state index contributed by atoms with van der Waals surface area (Å²) in [5.41, 5.74) is 1.01. The quantitative estimate of drug-likeness (QED) is 0.796. The largest absolute Gasteiger partial charge is 0.339 e. The number of carbonyl (C=O) groups excluding carboxylic acids is 3. The van der Waals surface area contributed by atoms with E-state index in [1.807, 2.05) is 47.1 Å². The van der Waals surface area contributed by atoms with Gasteiger partial charge in [0, 0.05) is 53.2 Å². The van der Waals surface area contributed by atoms with E-state index in [4.69, 9.17) is 0 Å². The standard InChI is InChI=1S/C21H30N4O3/c1-4-25-18(26)11-10-17(19(25)16-8-6-5-7-9-16)20(27)23-12-14-24(15-13-23)21(28)22(2)3/h5-9,17,19H,4,10-15H2,1-3H3/t17-,19+/m1/s1. The molecule has 2 fully saturated rings. The van der Waals surface area contributed by atoms with Gasteiger partial charge in [0.05, 0.1) is 12.0 Å². The van der Waals surface area contributed by atoms with E-state index in [-0.39, 0.29) is 29.8 Å². The monoisotopic (exact) mass is 386 g/mol. The molecule has 0 spiro atoms. The number of nitrogens with zero attached hydrogens (tertiary/aromatic N) is 4. The second-order valence-electron chi connectivity index (χ2n) is 7.67. The summed E-state index contributed by atoms with van der Waals surface area (Å²) in [6.45, 7) is 4.72. The molecule has 1 aromatic carbocycles. The number of likely N-dealkylation sites (tertiary alicyclic amines) is 1. The molecule has 152 valence electrons. The maximum atomic E-state index is 13.4. The number of urea groups is 1. The second-order valence-corrected chi connectivity index (χ2v) is 7.67. The Balaban J connectivity index is 1.76. The van der Waals surface area contributed by atoms with Gasteiger partial charge in [-0.1, -0.05) is 30.3 Å². The van der Waals surface area contributed by atoms with Gasteiger partial charge in [-0.2, -0.15) is 0 Å². The summed E-state index contributed by atoms with van der Waals surface area (Å²) in [6.07, 6.45) is 0.983. The summed E-state index contributed by atoms with van der Waals surface area (Å²) < 4.78 is 0. The fourth-order valence-electron chi connectivity index (χ4n) is 4.28. The molecule has 2 aliphatic heterocycles. The zero-order valence-corrected chi connectivity index (χ0v) is 17.0. The lowest BCUT2D eigenvalue weighted by Gasteiger charge is -2.43. The smallest absolute Gasteiger partial charge is 0.319 e. The number of carbonyl (C=O) groups is 3. The SMILES string of the molecule is CCN1C(=O)CC[C@@H](C(=O)N2CCN(C(=O)N(C)C)CC2)[C@@H]1c1ccccc1. The summed E-state index contributed by atoms with van der Waals surface area (Å²) in [6, 6.07) is 9.61. The van der Waals surface area contributed by atoms with Crippen LogP contribution in [0.2, 0.25) is 0 Å². The van der Waals surface area contributed by atoms with Crippen molar-refractivity contribution in [2.75, 3.05) is 46.8 Å². The van der Waals surface area contributed by atoms with Crippen molar-refractivity contribution >= 4 is 17.8 Å². The van der Waals surface area contributed by atoms with Crippen molar-refractivity contribution in [3.05, 3.63) is 35.9 Å². The van der Waals surface area contributed by atoms with Crippen LogP contribution in [0.4, 0.5) is 4.79 Å². The van der Waals surface area contributed by atoms with Crippen LogP contribution in [-0.4, -0.2) is 84.3 Å². The predicted molar refractivity (Wildman–Crippen MR) is 107 cm³/mol. The Labute approximate surface area is 166 Å². The molecule has 2 atom stereocenters. The van der Waals surface area contributed by atoms with Crippen molar-refractivity contribution in [3.8, 4) is 0 Å². The highest BCUT2D eigenvalue weighted by molar-refractivity contribution is 5.85. The van der Waals surface area contributed by atoms with Crippen LogP contribution in [0, 0.1) is 5.92 Å². The fourth-order valence-corrected chi connectivity index (χ4v) is 4.28. The van der Waals surface area contributed by atoms with E-state index in [9.17, 15) is 14.4 Å². The number of piperazine rings is 1. The Kier molecular flexibility index (Phi) is 6.21. The zero-order chi connectivity index (χ0) is 20.3. The molecule has 3 rings (SSSR count). The first-order valence-corrected chi connectivity index (χ1v) is 10.0. The molecule has 0 aromatic heterocycles. The van der Waals surface area contributed by atoms with Crippen LogP contribution in [0.5, 0.6) is 0 Å². The Morgan fingerprint density at radius 1 is 1.04 bits per heavy atom. The molecule has 0 saturated carbocycles. The molecular weight excluding hydrogens is 356 g/mol. The van der Waals surface area contributed by atoms with Crippen LogP contribution in [0.25, 0.3) is 0 Å². The van der Waals surface area contributed by atoms with Crippen molar-refractivity contribution in [1.29, 1.82) is 0 Å². The van der Waals surface area contributed by atoms with E-state index < -0.39 is 0 Å². The summed E-state index contributed by atoms with van der Waals surface area (Å²) in [5, 5.41) is 0. The van der Waals surface area contributed by atoms with Gasteiger partial charge in [0.15, 0.2) is 0 Å². The molecule has 1 aromatic rings. The topological polar surface area (TPSA) is 64.2 Å². The molecule has 0 unspecified atom stereocenters. The molecule has 0 aliphatic carbocycles. The maximum absolute atomic E-state index is 13.4. The number of amides is 4. The lowest BCUT2D eigenvalue weighted by atomic mass is 9.83. The van der Waals surface area contributed by atoms with Crippen LogP contribution < -0.4 is 0 Å². The third-order valence-electron chi connectivity index (χ3n) is 5.75. The van der Waals surface area contributed by atoms with Crippen molar-refractivity contribution in [3.63, 3.8) is 0 Å². The zero-order valence-electron chi connectivity index (χ0n) is 17.0. The first-order chi connectivity index (χ1) is 13.4. The van der Waals surface area contributed by atoms with E-state index >= 15 is 0 Å². The minimum Gasteiger partial charge on any atom is -0.339 e. The number of benzene rings is 1. The van der Waals surface area contributed by atoms with Crippen LogP contribution >= 0.6 is 0 Å². The van der Waals surface area contributed by atoms with Crippen LogP contribution in [0.3, 0.4) is 0 Å². The Bertz CT molecular complexity index is 714. The molecule has 2 aliphatic rings. The van der Waals surface area contributed by atoms with Gasteiger partial charge in [-0.05, 0) is 18.9 Å². The van der Waals surface area contributed by atoms with Gasteiger partial charge in [0.1, 0.15) is 0 Å². The molecule has 0 radical (unpaired) electrons. The average molecular weight is 386 g/mol. The highest BCUT2D eigenvalue weighted by Crippen LogP contribution is 2.37. The van der Waals surface area contributed by atoms with Crippen LogP contribution in [0.1, 0.15) is 31.4 Å². The van der Waals surface area contributed by atoms with E-state index in [0.29, 0.717) is 45.6 Å². The number of rotatable bonds is 3. The van der Waals surface area contributed by atoms with E-state index in [1.165, 1.54) is 0 Å². The normalized spacial score (nSPS) is 23.0. The maximum Gasteiger partial charge on any atom is 0.319 e. The van der Waals surface area contributed by atoms with Crippen molar-refractivity contribution in [1.82, 2.24) is 19.6 Å². The third kappa shape index (κ3) is 3.98. The molecule has 7 heteroatoms. The van der Waals surface area contributed by atoms with E-state index in [0.717, 1.165) is 5.56 Å². The number of piperidine rings is 1. The first-order valence-electron chi connectivity index (χ1n) is 10.0. The van der Waals surface area contributed by atoms with Crippen molar-refractivity contribution < 1.29 is 14.4 Å². The Morgan fingerprint density at radius 2 is 1.64 bits per heavy atom. The van der Waals surface area contributed by atoms with Crippen molar-refractivity contribution in [2.45, 2.75) is 25.8 Å². The van der Waals surface area contributed by atoms with Crippen LogP contribution in [0.15, 0.2) is 30.3 Å². The van der Waals surface area contributed by atoms with E-state index in [1.54, 1.807) is 23.9 Å². The van der Waals surface area contributed by atoms with Gasteiger partial charge >= 0.3 is 6.03 Å². The lowest BCUT2D eigenvalue weighted by Crippen LogP contribution is -2.56. The fraction of sp³-hybridized carbons (Fsp3) is 0.571. The number of hydrogen-bond acceptors (Lipinski definition) is 3. The molecule has 2 saturated heterocycles. The van der Waals surface area contributed by atoms with Gasteiger partial charge in [-0.25, -0.2) is 4.79 Å². The van der Waals surface area contributed by atoms with E-state index in [2.05, 4.69) is 0 Å². The second kappa shape index (κ2) is 8.63. The molecule has 0 N–H and O–H groups in total. The highest BCUT2D eigenvalue weighted by atomic mass is 16.2. The molecule has 28 heavy (non-hydrogen) atoms.